The first-order valence-electron chi connectivity index (χ1n) is 7.55. The van der Waals surface area contributed by atoms with Crippen molar-refractivity contribution < 1.29 is 9.53 Å². The van der Waals surface area contributed by atoms with Crippen molar-refractivity contribution in [3.63, 3.8) is 0 Å². The van der Waals surface area contributed by atoms with Gasteiger partial charge in [-0.05, 0) is 52.8 Å². The normalized spacial score (nSPS) is 16.8. The third kappa shape index (κ3) is 3.67. The summed E-state index contributed by atoms with van der Waals surface area (Å²) in [6, 6.07) is 15.5. The molecule has 0 atom stereocenters. The lowest BCUT2D eigenvalue weighted by Gasteiger charge is -2.37. The lowest BCUT2D eigenvalue weighted by Crippen LogP contribution is -2.43. The van der Waals surface area contributed by atoms with Crippen molar-refractivity contribution in [1.82, 2.24) is 5.32 Å². The summed E-state index contributed by atoms with van der Waals surface area (Å²) < 4.78 is 7.65. The highest BCUT2D eigenvalue weighted by Crippen LogP contribution is 2.36. The van der Waals surface area contributed by atoms with Crippen LogP contribution in [0.1, 0.15) is 28.8 Å². The van der Waals surface area contributed by atoms with Gasteiger partial charge in [-0.25, -0.2) is 4.79 Å². The average Bonchev–Trinajstić information content (AvgIpc) is 2.58. The quantitative estimate of drug-likeness (QED) is 0.709. The van der Waals surface area contributed by atoms with Gasteiger partial charge in [-0.15, -0.1) is 0 Å². The molecule has 1 heterocycles. The molecule has 0 aromatic heterocycles. The summed E-state index contributed by atoms with van der Waals surface area (Å²) in [5.41, 5.74) is 1.03. The Labute approximate surface area is 152 Å². The minimum atomic E-state index is -0.564. The van der Waals surface area contributed by atoms with E-state index >= 15 is 0 Å². The number of hydrogen-bond donors (Lipinski definition) is 1. The van der Waals surface area contributed by atoms with Crippen LogP contribution in [0.25, 0.3) is 0 Å². The number of carbonyl (C=O) groups excluding carboxylic acids is 1. The third-order valence-corrected chi connectivity index (χ3v) is 5.33. The highest BCUT2D eigenvalue weighted by Gasteiger charge is 2.38. The Balaban J connectivity index is 1.93. The predicted molar refractivity (Wildman–Crippen MR) is 97.5 cm³/mol. The van der Waals surface area contributed by atoms with Crippen LogP contribution in [0.15, 0.2) is 57.5 Å². The monoisotopic (exact) mass is 437 g/mol. The molecule has 3 rings (SSSR count). The van der Waals surface area contributed by atoms with Crippen LogP contribution in [0, 0.1) is 0 Å². The minimum Gasteiger partial charge on any atom is -0.450 e. The maximum Gasteiger partial charge on any atom is 0.340 e. The van der Waals surface area contributed by atoms with Crippen molar-refractivity contribution in [2.75, 3.05) is 13.1 Å². The number of halogens is 2. The van der Waals surface area contributed by atoms with Crippen molar-refractivity contribution in [2.45, 2.75) is 18.4 Å². The predicted octanol–water partition coefficient (Wildman–Crippen LogP) is 4.65. The van der Waals surface area contributed by atoms with E-state index in [9.17, 15) is 4.79 Å². The molecule has 2 aromatic carbocycles. The van der Waals surface area contributed by atoms with E-state index in [1.54, 1.807) is 6.07 Å². The molecule has 0 saturated carbocycles. The zero-order valence-electron chi connectivity index (χ0n) is 12.5. The fourth-order valence-corrected chi connectivity index (χ4v) is 3.68. The van der Waals surface area contributed by atoms with Gasteiger partial charge in [0.1, 0.15) is 5.60 Å². The summed E-state index contributed by atoms with van der Waals surface area (Å²) in [4.78, 5) is 12.8. The van der Waals surface area contributed by atoms with Gasteiger partial charge in [-0.2, -0.15) is 0 Å². The maximum atomic E-state index is 12.8. The smallest absolute Gasteiger partial charge is 0.340 e. The van der Waals surface area contributed by atoms with Crippen LogP contribution in [-0.4, -0.2) is 19.1 Å². The van der Waals surface area contributed by atoms with E-state index in [4.69, 9.17) is 4.74 Å². The van der Waals surface area contributed by atoms with Crippen LogP contribution in [0.2, 0.25) is 0 Å². The summed E-state index contributed by atoms with van der Waals surface area (Å²) in [6.45, 7) is 1.67. The van der Waals surface area contributed by atoms with E-state index in [-0.39, 0.29) is 5.97 Å². The van der Waals surface area contributed by atoms with E-state index in [0.717, 1.165) is 40.4 Å². The number of hydrogen-bond acceptors (Lipinski definition) is 3. The molecule has 0 spiro atoms. The molecule has 5 heteroatoms. The van der Waals surface area contributed by atoms with E-state index in [0.29, 0.717) is 5.56 Å². The largest absolute Gasteiger partial charge is 0.450 e. The van der Waals surface area contributed by atoms with Gasteiger partial charge < -0.3 is 10.1 Å². The molecule has 0 unspecified atom stereocenters. The Morgan fingerprint density at radius 1 is 1.04 bits per heavy atom. The van der Waals surface area contributed by atoms with Crippen molar-refractivity contribution in [2.24, 2.45) is 0 Å². The highest BCUT2D eigenvalue weighted by molar-refractivity contribution is 9.11. The Morgan fingerprint density at radius 3 is 2.43 bits per heavy atom. The summed E-state index contributed by atoms with van der Waals surface area (Å²) >= 11 is 6.85. The number of nitrogens with one attached hydrogen (secondary N) is 1. The fourth-order valence-electron chi connectivity index (χ4n) is 2.91. The maximum absolute atomic E-state index is 12.8. The molecule has 2 aromatic rings. The van der Waals surface area contributed by atoms with Gasteiger partial charge >= 0.3 is 5.97 Å². The molecule has 3 nitrogen and oxygen atoms in total. The van der Waals surface area contributed by atoms with E-state index in [2.05, 4.69) is 37.2 Å². The second-order valence-electron chi connectivity index (χ2n) is 5.62. The SMILES string of the molecule is O=C(OC1(c2ccccc2)CCNCC1)c1cc(Br)ccc1Br. The van der Waals surface area contributed by atoms with Crippen molar-refractivity contribution in [3.8, 4) is 0 Å². The standard InChI is InChI=1S/C18H17Br2NO2/c19-14-6-7-16(20)15(12-14)17(22)23-18(8-10-21-11-9-18)13-4-2-1-3-5-13/h1-7,12,21H,8-11H2. The summed E-state index contributed by atoms with van der Waals surface area (Å²) in [5, 5.41) is 3.33. The minimum absolute atomic E-state index is 0.302. The molecule has 0 bridgehead atoms. The van der Waals surface area contributed by atoms with Gasteiger partial charge in [0.05, 0.1) is 5.56 Å². The van der Waals surface area contributed by atoms with Crippen LogP contribution in [0.5, 0.6) is 0 Å². The molecular weight excluding hydrogens is 422 g/mol. The Kier molecular flexibility index (Phi) is 5.19. The van der Waals surface area contributed by atoms with Gasteiger partial charge in [0, 0.05) is 21.8 Å². The number of carbonyl (C=O) groups is 1. The first-order chi connectivity index (χ1) is 11.1. The second kappa shape index (κ2) is 7.16. The summed E-state index contributed by atoms with van der Waals surface area (Å²) in [5.74, 6) is -0.302. The lowest BCUT2D eigenvalue weighted by atomic mass is 9.84. The summed E-state index contributed by atoms with van der Waals surface area (Å²) in [6.07, 6.45) is 1.54. The van der Waals surface area contributed by atoms with Crippen LogP contribution < -0.4 is 5.32 Å². The molecular formula is C18H17Br2NO2. The molecule has 1 aliphatic heterocycles. The molecule has 1 saturated heterocycles. The average molecular weight is 439 g/mol. The molecule has 0 amide bonds. The first-order valence-corrected chi connectivity index (χ1v) is 9.14. The fraction of sp³-hybridized carbons (Fsp3) is 0.278. The Bertz CT molecular complexity index is 697. The van der Waals surface area contributed by atoms with Crippen molar-refractivity contribution in [3.05, 3.63) is 68.6 Å². The van der Waals surface area contributed by atoms with Gasteiger partial charge in [0.25, 0.3) is 0 Å². The highest BCUT2D eigenvalue weighted by atomic mass is 79.9. The number of esters is 1. The Hall–Kier alpha value is -1.17. The molecule has 120 valence electrons. The first kappa shape index (κ1) is 16.7. The van der Waals surface area contributed by atoms with Crippen LogP contribution in [0.4, 0.5) is 0 Å². The second-order valence-corrected chi connectivity index (χ2v) is 7.39. The third-order valence-electron chi connectivity index (χ3n) is 4.15. The van der Waals surface area contributed by atoms with Crippen LogP contribution >= 0.6 is 31.9 Å². The zero-order valence-corrected chi connectivity index (χ0v) is 15.7. The van der Waals surface area contributed by atoms with Crippen LogP contribution in [-0.2, 0) is 10.3 Å². The molecule has 23 heavy (non-hydrogen) atoms. The van der Waals surface area contributed by atoms with Gasteiger partial charge in [-0.1, -0.05) is 46.3 Å². The number of rotatable bonds is 3. The molecule has 0 aliphatic carbocycles. The molecule has 1 N–H and O–H groups in total. The van der Waals surface area contributed by atoms with Gasteiger partial charge in [-0.3, -0.25) is 0 Å². The molecule has 1 aliphatic rings. The number of ether oxygens (including phenoxy) is 1. The topological polar surface area (TPSA) is 38.3 Å². The summed E-state index contributed by atoms with van der Waals surface area (Å²) in [7, 11) is 0. The zero-order chi connectivity index (χ0) is 16.3. The van der Waals surface area contributed by atoms with Crippen molar-refractivity contribution >= 4 is 37.8 Å². The van der Waals surface area contributed by atoms with E-state index in [1.165, 1.54) is 0 Å². The van der Waals surface area contributed by atoms with Gasteiger partial charge in [0.2, 0.25) is 0 Å². The van der Waals surface area contributed by atoms with Crippen LogP contribution in [0.3, 0.4) is 0 Å². The number of piperidine rings is 1. The van der Waals surface area contributed by atoms with Gasteiger partial charge in [0.15, 0.2) is 0 Å². The molecule has 0 radical (unpaired) electrons. The lowest BCUT2D eigenvalue weighted by molar-refractivity contribution is -0.0379. The van der Waals surface area contributed by atoms with Crippen molar-refractivity contribution in [1.29, 1.82) is 0 Å². The number of benzene rings is 2. The van der Waals surface area contributed by atoms with E-state index < -0.39 is 5.60 Å². The van der Waals surface area contributed by atoms with E-state index in [1.807, 2.05) is 42.5 Å². The molecule has 1 fully saturated rings. The Morgan fingerprint density at radius 2 is 1.74 bits per heavy atom.